The lowest BCUT2D eigenvalue weighted by molar-refractivity contribution is 0.475. The number of fused-ring (bicyclic) bond motifs is 1. The third-order valence-corrected chi connectivity index (χ3v) is 4.33. The van der Waals surface area contributed by atoms with Gasteiger partial charge in [0.1, 0.15) is 5.75 Å². The van der Waals surface area contributed by atoms with Crippen LogP contribution in [0.2, 0.25) is 0 Å². The van der Waals surface area contributed by atoms with Crippen LogP contribution >= 0.6 is 11.6 Å². The zero-order valence-electron chi connectivity index (χ0n) is 15.5. The number of imidazole rings is 1. The summed E-state index contributed by atoms with van der Waals surface area (Å²) in [6, 6.07) is 6.49. The van der Waals surface area contributed by atoms with Crippen molar-refractivity contribution in [3.63, 3.8) is 0 Å². The molecule has 0 aliphatic rings. The largest absolute Gasteiger partial charge is 0.508 e. The second kappa shape index (κ2) is 7.73. The molecule has 0 aliphatic carbocycles. The molecule has 0 radical (unpaired) electrons. The Morgan fingerprint density at radius 2 is 1.93 bits per heavy atom. The predicted octanol–water partition coefficient (Wildman–Crippen LogP) is 1.73. The number of anilines is 1. The van der Waals surface area contributed by atoms with Crippen molar-refractivity contribution in [3.05, 3.63) is 61.8 Å². The van der Waals surface area contributed by atoms with E-state index in [1.54, 1.807) is 55.1 Å². The molecule has 0 fully saturated rings. The molecule has 3 rings (SSSR count). The molecule has 28 heavy (non-hydrogen) atoms. The molecule has 0 aliphatic heterocycles. The molecule has 0 unspecified atom stereocenters. The molecule has 0 saturated carbocycles. The first-order chi connectivity index (χ1) is 13.3. The Kier molecular flexibility index (Phi) is 5.36. The summed E-state index contributed by atoms with van der Waals surface area (Å²) in [6.07, 6.45) is 3.27. The maximum Gasteiger partial charge on any atom is 0.332 e. The molecule has 9 nitrogen and oxygen atoms in total. The van der Waals surface area contributed by atoms with E-state index in [9.17, 15) is 14.7 Å². The van der Waals surface area contributed by atoms with Crippen LogP contribution in [-0.2, 0) is 20.6 Å². The van der Waals surface area contributed by atoms with Crippen molar-refractivity contribution in [2.24, 2.45) is 19.2 Å². The number of phenols is 1. The van der Waals surface area contributed by atoms with E-state index in [-0.39, 0.29) is 29.4 Å². The van der Waals surface area contributed by atoms with E-state index < -0.39 is 11.2 Å². The average Bonchev–Trinajstić information content (AvgIpc) is 3.03. The lowest BCUT2D eigenvalue weighted by Crippen LogP contribution is -2.37. The number of aromatic hydroxyl groups is 1. The van der Waals surface area contributed by atoms with Gasteiger partial charge in [0.2, 0.25) is 5.95 Å². The maximum atomic E-state index is 12.7. The minimum atomic E-state index is -0.467. The Morgan fingerprint density at radius 3 is 2.57 bits per heavy atom. The molecule has 2 N–H and O–H groups in total. The van der Waals surface area contributed by atoms with E-state index in [4.69, 9.17) is 11.6 Å². The molecule has 146 valence electrons. The van der Waals surface area contributed by atoms with Gasteiger partial charge in [0.05, 0.1) is 6.21 Å². The minimum absolute atomic E-state index is 0.159. The van der Waals surface area contributed by atoms with E-state index in [1.807, 2.05) is 0 Å². The van der Waals surface area contributed by atoms with Crippen LogP contribution < -0.4 is 16.7 Å². The zero-order valence-corrected chi connectivity index (χ0v) is 16.3. The van der Waals surface area contributed by atoms with Gasteiger partial charge in [-0.05, 0) is 36.8 Å². The summed E-state index contributed by atoms with van der Waals surface area (Å²) in [5.41, 5.74) is 3.15. The highest BCUT2D eigenvalue weighted by Crippen LogP contribution is 2.16. The van der Waals surface area contributed by atoms with Crippen molar-refractivity contribution < 1.29 is 5.11 Å². The number of hydrazone groups is 1. The van der Waals surface area contributed by atoms with Crippen molar-refractivity contribution in [2.75, 3.05) is 5.43 Å². The molecule has 0 spiro atoms. The number of nitrogens with one attached hydrogen (secondary N) is 1. The number of allylic oxidation sites excluding steroid dienone is 2. The summed E-state index contributed by atoms with van der Waals surface area (Å²) in [5.74, 6) is 0.449. The normalized spacial score (nSPS) is 12.2. The highest BCUT2D eigenvalue weighted by molar-refractivity contribution is 6.29. The highest BCUT2D eigenvalue weighted by atomic mass is 35.5. The van der Waals surface area contributed by atoms with Crippen molar-refractivity contribution >= 4 is 34.9 Å². The smallest absolute Gasteiger partial charge is 0.332 e. The standard InChI is InChI=1S/C18H19ClN6O3/c1-11(19)8-9-25-14-15(23(2)18(28)24(3)16(14)27)21-17(25)22-20-10-12-4-6-13(26)7-5-12/h4-8,10,26H,9H2,1-3H3,(H,21,22). The molecular formula is C18H19ClN6O3. The predicted molar refractivity (Wildman–Crippen MR) is 109 cm³/mol. The van der Waals surface area contributed by atoms with Crippen LogP contribution in [0.25, 0.3) is 11.2 Å². The second-order valence-corrected chi connectivity index (χ2v) is 6.77. The monoisotopic (exact) mass is 402 g/mol. The Balaban J connectivity index is 2.08. The first-order valence-electron chi connectivity index (χ1n) is 8.36. The third kappa shape index (κ3) is 3.70. The van der Waals surface area contributed by atoms with Crippen LogP contribution in [0.3, 0.4) is 0 Å². The third-order valence-electron chi connectivity index (χ3n) is 4.17. The summed E-state index contributed by atoms with van der Waals surface area (Å²) < 4.78 is 3.94. The number of hydrogen-bond donors (Lipinski definition) is 2. The van der Waals surface area contributed by atoms with Crippen molar-refractivity contribution in [3.8, 4) is 5.75 Å². The molecule has 0 bridgehead atoms. The number of rotatable bonds is 5. The van der Waals surface area contributed by atoms with Crippen LogP contribution in [0, 0.1) is 0 Å². The number of phenolic OH excluding ortho intramolecular Hbond substituents is 1. The average molecular weight is 403 g/mol. The summed E-state index contributed by atoms with van der Waals surface area (Å²) in [4.78, 5) is 29.2. The van der Waals surface area contributed by atoms with E-state index in [0.717, 1.165) is 10.1 Å². The Bertz CT molecular complexity index is 1200. The van der Waals surface area contributed by atoms with Crippen LogP contribution in [0.5, 0.6) is 5.75 Å². The van der Waals surface area contributed by atoms with Gasteiger partial charge in [-0.3, -0.25) is 18.5 Å². The molecule has 3 aromatic rings. The molecule has 0 atom stereocenters. The fraction of sp³-hybridized carbons (Fsp3) is 0.222. The molecule has 0 saturated heterocycles. The van der Waals surface area contributed by atoms with E-state index in [1.165, 1.54) is 11.6 Å². The summed E-state index contributed by atoms with van der Waals surface area (Å²) in [6.45, 7) is 2.00. The van der Waals surface area contributed by atoms with E-state index >= 15 is 0 Å². The molecular weight excluding hydrogens is 384 g/mol. The van der Waals surface area contributed by atoms with E-state index in [0.29, 0.717) is 5.03 Å². The maximum absolute atomic E-state index is 12.7. The van der Waals surface area contributed by atoms with Gasteiger partial charge in [-0.2, -0.15) is 10.1 Å². The first-order valence-corrected chi connectivity index (χ1v) is 8.74. The van der Waals surface area contributed by atoms with Gasteiger partial charge in [0.25, 0.3) is 5.56 Å². The topological polar surface area (TPSA) is 106 Å². The first kappa shape index (κ1) is 19.4. The molecule has 10 heteroatoms. The molecule has 2 aromatic heterocycles. The van der Waals surface area contributed by atoms with Crippen LogP contribution in [-0.4, -0.2) is 30.0 Å². The number of hydrogen-bond acceptors (Lipinski definition) is 6. The fourth-order valence-electron chi connectivity index (χ4n) is 2.65. The number of halogens is 1. The minimum Gasteiger partial charge on any atom is -0.508 e. The van der Waals surface area contributed by atoms with Gasteiger partial charge in [-0.15, -0.1) is 0 Å². The molecule has 1 aromatic carbocycles. The second-order valence-electron chi connectivity index (χ2n) is 6.18. The lowest BCUT2D eigenvalue weighted by atomic mass is 10.2. The van der Waals surface area contributed by atoms with Crippen LogP contribution in [0.4, 0.5) is 5.95 Å². The zero-order chi connectivity index (χ0) is 20.4. The van der Waals surface area contributed by atoms with Gasteiger partial charge in [0.15, 0.2) is 11.2 Å². The Labute approximate surface area is 164 Å². The van der Waals surface area contributed by atoms with E-state index in [2.05, 4.69) is 15.5 Å². The quantitative estimate of drug-likeness (QED) is 0.499. The molecule has 2 heterocycles. The number of nitrogens with zero attached hydrogens (tertiary/aromatic N) is 5. The highest BCUT2D eigenvalue weighted by Gasteiger charge is 2.18. The summed E-state index contributed by atoms with van der Waals surface area (Å²) >= 11 is 5.94. The van der Waals surface area contributed by atoms with Gasteiger partial charge < -0.3 is 5.11 Å². The summed E-state index contributed by atoms with van der Waals surface area (Å²) in [5, 5.41) is 14.0. The number of aromatic nitrogens is 4. The SMILES string of the molecule is CC(Cl)=CCn1c(NN=Cc2ccc(O)cc2)nc2c1c(=O)n(C)c(=O)n2C. The van der Waals surface area contributed by atoms with Gasteiger partial charge in [-0.1, -0.05) is 17.7 Å². The van der Waals surface area contributed by atoms with Gasteiger partial charge in [-0.25, -0.2) is 10.2 Å². The molecule has 0 amide bonds. The van der Waals surface area contributed by atoms with Crippen molar-refractivity contribution in [2.45, 2.75) is 13.5 Å². The van der Waals surface area contributed by atoms with Crippen molar-refractivity contribution in [1.82, 2.24) is 18.7 Å². The Morgan fingerprint density at radius 1 is 1.25 bits per heavy atom. The lowest BCUT2D eigenvalue weighted by Gasteiger charge is -2.07. The van der Waals surface area contributed by atoms with Crippen molar-refractivity contribution in [1.29, 1.82) is 0 Å². The van der Waals surface area contributed by atoms with Gasteiger partial charge in [0, 0.05) is 25.7 Å². The number of benzene rings is 1. The fourth-order valence-corrected chi connectivity index (χ4v) is 2.72. The number of aryl methyl sites for hydroxylation is 1. The Hall–Kier alpha value is -3.33. The van der Waals surface area contributed by atoms with Crippen LogP contribution in [0.1, 0.15) is 12.5 Å². The van der Waals surface area contributed by atoms with Gasteiger partial charge >= 0.3 is 5.69 Å². The summed E-state index contributed by atoms with van der Waals surface area (Å²) in [7, 11) is 2.97. The van der Waals surface area contributed by atoms with Crippen LogP contribution in [0.15, 0.2) is 50.1 Å².